The Labute approximate surface area is 161 Å². The molecule has 134 valence electrons. The Balaban J connectivity index is 1.83. The van der Waals surface area contributed by atoms with Gasteiger partial charge in [0, 0.05) is 4.47 Å². The topological polar surface area (TPSA) is 46.6 Å². The van der Waals surface area contributed by atoms with E-state index in [9.17, 15) is 9.59 Å². The summed E-state index contributed by atoms with van der Waals surface area (Å²) in [6.07, 6.45) is 0.592. The van der Waals surface area contributed by atoms with E-state index in [4.69, 9.17) is 4.74 Å². The zero-order valence-corrected chi connectivity index (χ0v) is 16.6. The zero-order chi connectivity index (χ0) is 18.7. The van der Waals surface area contributed by atoms with Crippen LogP contribution in [0.5, 0.6) is 0 Å². The number of carbonyl (C=O) groups is 2. The fourth-order valence-electron chi connectivity index (χ4n) is 3.97. The van der Waals surface area contributed by atoms with Crippen LogP contribution in [-0.2, 0) is 27.8 Å². The second-order valence-corrected chi connectivity index (χ2v) is 8.90. The summed E-state index contributed by atoms with van der Waals surface area (Å²) in [6.45, 7) is 5.40. The molecular weight excluding hydrogens is 394 g/mol. The maximum Gasteiger partial charge on any atom is 0.421 e. The lowest BCUT2D eigenvalue weighted by Crippen LogP contribution is -2.45. The van der Waals surface area contributed by atoms with Gasteiger partial charge in [-0.3, -0.25) is 4.79 Å². The molecule has 2 aromatic carbocycles. The number of fused-ring (bicyclic) bond motifs is 3. The van der Waals surface area contributed by atoms with E-state index in [1.807, 2.05) is 30.3 Å². The second-order valence-electron chi connectivity index (χ2n) is 7.99. The molecular formula is C21H20BrNO3. The van der Waals surface area contributed by atoms with Gasteiger partial charge in [0.1, 0.15) is 5.60 Å². The molecule has 4 rings (SSSR count). The van der Waals surface area contributed by atoms with Gasteiger partial charge in [-0.25, -0.2) is 9.69 Å². The van der Waals surface area contributed by atoms with Crippen LogP contribution in [0.4, 0.5) is 10.5 Å². The average Bonchev–Trinajstić information content (AvgIpc) is 3.04. The van der Waals surface area contributed by atoms with E-state index < -0.39 is 17.1 Å². The van der Waals surface area contributed by atoms with Crippen molar-refractivity contribution in [3.05, 3.63) is 63.6 Å². The molecule has 0 bridgehead atoms. The fraction of sp³-hybridized carbons (Fsp3) is 0.333. The SMILES string of the molecule is CC(C)(C)OC(=O)N1C(=O)C2(Cc3ccccc3C2)c2cc(Br)ccc21. The number of amides is 2. The Kier molecular flexibility index (Phi) is 3.77. The summed E-state index contributed by atoms with van der Waals surface area (Å²) < 4.78 is 6.41. The molecule has 0 unspecified atom stereocenters. The highest BCUT2D eigenvalue weighted by Gasteiger charge is 2.56. The largest absolute Gasteiger partial charge is 0.443 e. The van der Waals surface area contributed by atoms with Gasteiger partial charge < -0.3 is 4.74 Å². The Bertz CT molecular complexity index is 904. The van der Waals surface area contributed by atoms with Crippen LogP contribution in [0.3, 0.4) is 0 Å². The van der Waals surface area contributed by atoms with Crippen LogP contribution in [0.25, 0.3) is 0 Å². The number of benzene rings is 2. The van der Waals surface area contributed by atoms with Crippen molar-refractivity contribution in [1.82, 2.24) is 0 Å². The van der Waals surface area contributed by atoms with Gasteiger partial charge in [-0.05, 0) is 68.5 Å². The average molecular weight is 414 g/mol. The first-order chi connectivity index (χ1) is 12.2. The van der Waals surface area contributed by atoms with Gasteiger partial charge in [0.25, 0.3) is 0 Å². The number of imide groups is 1. The van der Waals surface area contributed by atoms with Gasteiger partial charge in [0.2, 0.25) is 5.91 Å². The smallest absolute Gasteiger partial charge is 0.421 e. The maximum absolute atomic E-state index is 13.5. The minimum absolute atomic E-state index is 0.198. The van der Waals surface area contributed by atoms with Crippen molar-refractivity contribution in [3.8, 4) is 0 Å². The number of carbonyl (C=O) groups excluding carboxylic acids is 2. The molecule has 0 fully saturated rings. The summed E-state index contributed by atoms with van der Waals surface area (Å²) in [4.78, 5) is 27.5. The van der Waals surface area contributed by atoms with E-state index in [-0.39, 0.29) is 5.91 Å². The van der Waals surface area contributed by atoms with E-state index in [2.05, 4.69) is 28.1 Å². The Morgan fingerprint density at radius 3 is 2.31 bits per heavy atom. The summed E-state index contributed by atoms with van der Waals surface area (Å²) in [7, 11) is 0. The van der Waals surface area contributed by atoms with Gasteiger partial charge in [-0.1, -0.05) is 40.2 Å². The summed E-state index contributed by atoms with van der Waals surface area (Å²) in [5, 5.41) is 0. The summed E-state index contributed by atoms with van der Waals surface area (Å²) >= 11 is 3.51. The number of ether oxygens (including phenoxy) is 1. The standard InChI is InChI=1S/C21H20BrNO3/c1-20(2,3)26-19(25)23-17-9-8-15(22)10-16(17)21(18(23)24)11-13-6-4-5-7-14(13)12-21/h4-10H,11-12H2,1-3H3. The van der Waals surface area contributed by atoms with Gasteiger partial charge in [-0.2, -0.15) is 0 Å². The minimum Gasteiger partial charge on any atom is -0.443 e. The van der Waals surface area contributed by atoms with E-state index in [1.165, 1.54) is 4.90 Å². The molecule has 4 nitrogen and oxygen atoms in total. The lowest BCUT2D eigenvalue weighted by Gasteiger charge is -2.25. The first-order valence-corrected chi connectivity index (χ1v) is 9.45. The molecule has 0 radical (unpaired) electrons. The highest BCUT2D eigenvalue weighted by atomic mass is 79.9. The maximum atomic E-state index is 13.5. The molecule has 0 saturated carbocycles. The van der Waals surface area contributed by atoms with Crippen molar-refractivity contribution in [2.45, 2.75) is 44.6 Å². The molecule has 2 aliphatic rings. The van der Waals surface area contributed by atoms with E-state index in [0.717, 1.165) is 21.2 Å². The zero-order valence-electron chi connectivity index (χ0n) is 15.0. The molecule has 2 amide bonds. The Morgan fingerprint density at radius 1 is 1.12 bits per heavy atom. The fourth-order valence-corrected chi connectivity index (χ4v) is 4.33. The van der Waals surface area contributed by atoms with Crippen molar-refractivity contribution in [2.75, 3.05) is 4.90 Å². The first-order valence-electron chi connectivity index (χ1n) is 8.66. The number of hydrogen-bond acceptors (Lipinski definition) is 3. The van der Waals surface area contributed by atoms with E-state index in [1.54, 1.807) is 20.8 Å². The van der Waals surface area contributed by atoms with Crippen molar-refractivity contribution >= 4 is 33.6 Å². The minimum atomic E-state index is -0.736. The van der Waals surface area contributed by atoms with Crippen molar-refractivity contribution in [3.63, 3.8) is 0 Å². The highest BCUT2D eigenvalue weighted by Crippen LogP contribution is 2.50. The van der Waals surface area contributed by atoms with Crippen LogP contribution in [0.15, 0.2) is 46.9 Å². The third kappa shape index (κ3) is 2.57. The summed E-state index contributed by atoms with van der Waals surface area (Å²) in [5.41, 5.74) is 2.44. The van der Waals surface area contributed by atoms with Gasteiger partial charge >= 0.3 is 6.09 Å². The Morgan fingerprint density at radius 2 is 1.73 bits per heavy atom. The summed E-state index contributed by atoms with van der Waals surface area (Å²) in [6, 6.07) is 13.7. The van der Waals surface area contributed by atoms with Gasteiger partial charge in [0.15, 0.2) is 0 Å². The number of hydrogen-bond donors (Lipinski definition) is 0. The van der Waals surface area contributed by atoms with E-state index >= 15 is 0 Å². The molecule has 1 spiro atoms. The molecule has 0 N–H and O–H groups in total. The molecule has 0 saturated heterocycles. The predicted octanol–water partition coefficient (Wildman–Crippen LogP) is 4.77. The highest BCUT2D eigenvalue weighted by molar-refractivity contribution is 9.10. The number of anilines is 1. The summed E-state index contributed by atoms with van der Waals surface area (Å²) in [5.74, 6) is -0.198. The van der Waals surface area contributed by atoms with Gasteiger partial charge in [-0.15, -0.1) is 0 Å². The van der Waals surface area contributed by atoms with Crippen LogP contribution in [0.2, 0.25) is 0 Å². The van der Waals surface area contributed by atoms with Gasteiger partial charge in [0.05, 0.1) is 11.1 Å². The van der Waals surface area contributed by atoms with Crippen molar-refractivity contribution < 1.29 is 14.3 Å². The van der Waals surface area contributed by atoms with Crippen molar-refractivity contribution in [2.24, 2.45) is 0 Å². The first kappa shape index (κ1) is 17.3. The van der Waals surface area contributed by atoms with Crippen LogP contribution in [0, 0.1) is 0 Å². The number of halogens is 1. The molecule has 26 heavy (non-hydrogen) atoms. The molecule has 0 aromatic heterocycles. The third-order valence-corrected chi connectivity index (χ3v) is 5.50. The molecule has 5 heteroatoms. The molecule has 0 atom stereocenters. The van der Waals surface area contributed by atoms with Crippen LogP contribution in [0.1, 0.15) is 37.5 Å². The number of nitrogens with zero attached hydrogens (tertiary/aromatic N) is 1. The molecule has 1 heterocycles. The Hall–Kier alpha value is -2.14. The lowest BCUT2D eigenvalue weighted by molar-refractivity contribution is -0.122. The molecule has 1 aliphatic heterocycles. The third-order valence-electron chi connectivity index (χ3n) is 5.01. The quantitative estimate of drug-likeness (QED) is 0.624. The van der Waals surface area contributed by atoms with Crippen LogP contribution < -0.4 is 4.90 Å². The van der Waals surface area contributed by atoms with E-state index in [0.29, 0.717) is 18.5 Å². The van der Waals surface area contributed by atoms with Crippen molar-refractivity contribution in [1.29, 1.82) is 0 Å². The van der Waals surface area contributed by atoms with Crippen LogP contribution in [-0.4, -0.2) is 17.6 Å². The lowest BCUT2D eigenvalue weighted by atomic mass is 9.79. The second kappa shape index (κ2) is 5.68. The predicted molar refractivity (Wildman–Crippen MR) is 103 cm³/mol. The van der Waals surface area contributed by atoms with Crippen LogP contribution >= 0.6 is 15.9 Å². The molecule has 1 aliphatic carbocycles. The molecule has 2 aromatic rings. The number of rotatable bonds is 0. The normalized spacial score (nSPS) is 17.4. The monoisotopic (exact) mass is 413 g/mol.